The van der Waals surface area contributed by atoms with Gasteiger partial charge in [-0.05, 0) is 37.1 Å². The van der Waals surface area contributed by atoms with Gasteiger partial charge in [0, 0.05) is 17.7 Å². The Morgan fingerprint density at radius 2 is 2.00 bits per heavy atom. The molecular weight excluding hydrogens is 358 g/mol. The Balaban J connectivity index is 1.38. The Morgan fingerprint density at radius 1 is 1.19 bits per heavy atom. The van der Waals surface area contributed by atoms with Gasteiger partial charge in [0.2, 0.25) is 0 Å². The largest absolute Gasteiger partial charge is 0.372 e. The molecule has 4 rings (SSSR count). The Labute approximate surface area is 164 Å². The molecule has 0 radical (unpaired) electrons. The zero-order valence-electron chi connectivity index (χ0n) is 15.5. The normalized spacial score (nSPS) is 20.7. The van der Waals surface area contributed by atoms with E-state index in [1.165, 1.54) is 12.8 Å². The Kier molecular flexibility index (Phi) is 6.07. The van der Waals surface area contributed by atoms with Gasteiger partial charge in [-0.15, -0.1) is 0 Å². The van der Waals surface area contributed by atoms with E-state index in [-0.39, 0.29) is 5.91 Å². The van der Waals surface area contributed by atoms with Crippen molar-refractivity contribution in [3.05, 3.63) is 54.2 Å². The van der Waals surface area contributed by atoms with Crippen molar-refractivity contribution in [3.63, 3.8) is 0 Å². The van der Waals surface area contributed by atoms with Gasteiger partial charge in [-0.2, -0.15) is 0 Å². The number of rotatable bonds is 5. The molecule has 0 spiro atoms. The number of quaternary nitrogens is 1. The molecule has 2 fully saturated rings. The van der Waals surface area contributed by atoms with Crippen molar-refractivity contribution in [3.8, 4) is 0 Å². The summed E-state index contributed by atoms with van der Waals surface area (Å²) in [6.45, 7) is 5.56. The second-order valence-electron chi connectivity index (χ2n) is 7.15. The van der Waals surface area contributed by atoms with Gasteiger partial charge < -0.3 is 14.5 Å². The number of piperazine rings is 1. The lowest BCUT2D eigenvalue weighted by Crippen LogP contribution is -3.15. The minimum Gasteiger partial charge on any atom is -0.372 e. The average Bonchev–Trinajstić information content (AvgIpc) is 3.22. The third-order valence-corrected chi connectivity index (χ3v) is 6.28. The number of carbonyl (C=O) groups is 1. The first kappa shape index (κ1) is 18.5. The molecule has 2 saturated heterocycles. The van der Waals surface area contributed by atoms with E-state index < -0.39 is 0 Å². The van der Waals surface area contributed by atoms with Crippen molar-refractivity contribution in [2.45, 2.75) is 28.9 Å². The number of ether oxygens (including phenoxy) is 1. The summed E-state index contributed by atoms with van der Waals surface area (Å²) in [6.07, 6.45) is 4.54. The third-order valence-electron chi connectivity index (χ3n) is 5.26. The fraction of sp³-hybridized carbons (Fsp3) is 0.429. The number of hydrogen-bond acceptors (Lipinski definition) is 4. The van der Waals surface area contributed by atoms with Crippen molar-refractivity contribution < 1.29 is 14.4 Å². The van der Waals surface area contributed by atoms with E-state index in [1.54, 1.807) is 22.9 Å². The molecule has 1 aromatic heterocycles. The van der Waals surface area contributed by atoms with Gasteiger partial charge in [-0.3, -0.25) is 4.79 Å². The molecule has 0 bridgehead atoms. The smallest absolute Gasteiger partial charge is 0.257 e. The maximum Gasteiger partial charge on any atom is 0.257 e. The van der Waals surface area contributed by atoms with Gasteiger partial charge in [0.25, 0.3) is 5.91 Å². The van der Waals surface area contributed by atoms with Crippen molar-refractivity contribution in [2.24, 2.45) is 0 Å². The number of hydrogen-bond donors (Lipinski definition) is 1. The molecule has 0 unspecified atom stereocenters. The van der Waals surface area contributed by atoms with Crippen LogP contribution in [0.5, 0.6) is 0 Å². The van der Waals surface area contributed by atoms with Crippen LogP contribution in [0.4, 0.5) is 0 Å². The molecule has 0 saturated carbocycles. The number of carbonyl (C=O) groups excluding carboxylic acids is 1. The van der Waals surface area contributed by atoms with Crippen LogP contribution in [-0.2, 0) is 4.74 Å². The van der Waals surface area contributed by atoms with Crippen LogP contribution in [0, 0.1) is 0 Å². The van der Waals surface area contributed by atoms with E-state index in [9.17, 15) is 4.79 Å². The van der Waals surface area contributed by atoms with E-state index >= 15 is 0 Å². The maximum atomic E-state index is 13.1. The zero-order valence-corrected chi connectivity index (χ0v) is 16.3. The summed E-state index contributed by atoms with van der Waals surface area (Å²) in [4.78, 5) is 22.2. The molecule has 1 aromatic carbocycles. The van der Waals surface area contributed by atoms with Crippen LogP contribution < -0.4 is 4.90 Å². The molecule has 0 aliphatic carbocycles. The number of nitrogens with zero attached hydrogens (tertiary/aromatic N) is 2. The van der Waals surface area contributed by atoms with E-state index in [4.69, 9.17) is 4.74 Å². The Hall–Kier alpha value is -1.89. The van der Waals surface area contributed by atoms with Crippen LogP contribution in [0.1, 0.15) is 23.2 Å². The van der Waals surface area contributed by atoms with Crippen LogP contribution >= 0.6 is 11.8 Å². The number of amides is 1. The molecule has 1 N–H and O–H groups in total. The molecular formula is C21H26N3O2S+. The first-order valence-electron chi connectivity index (χ1n) is 9.72. The van der Waals surface area contributed by atoms with E-state index in [0.717, 1.165) is 49.3 Å². The fourth-order valence-electron chi connectivity index (χ4n) is 3.76. The maximum absolute atomic E-state index is 13.1. The number of benzene rings is 1. The lowest BCUT2D eigenvalue weighted by atomic mass is 10.2. The highest BCUT2D eigenvalue weighted by Crippen LogP contribution is 2.29. The molecule has 142 valence electrons. The predicted octanol–water partition coefficient (Wildman–Crippen LogP) is 1.75. The molecule has 2 aliphatic rings. The van der Waals surface area contributed by atoms with Crippen LogP contribution in [0.3, 0.4) is 0 Å². The Morgan fingerprint density at radius 3 is 2.74 bits per heavy atom. The second-order valence-corrected chi connectivity index (χ2v) is 8.21. The molecule has 2 aliphatic heterocycles. The minimum atomic E-state index is 0.0951. The first-order valence-corrected chi connectivity index (χ1v) is 10.5. The zero-order chi connectivity index (χ0) is 18.5. The number of aromatic nitrogens is 1. The summed E-state index contributed by atoms with van der Waals surface area (Å²) in [6, 6.07) is 13.8. The van der Waals surface area contributed by atoms with Crippen LogP contribution in [0.15, 0.2) is 58.6 Å². The highest BCUT2D eigenvalue weighted by Gasteiger charge is 2.29. The minimum absolute atomic E-state index is 0.0951. The van der Waals surface area contributed by atoms with Gasteiger partial charge in [0.15, 0.2) is 0 Å². The van der Waals surface area contributed by atoms with Crippen LogP contribution in [0.2, 0.25) is 0 Å². The number of pyridine rings is 1. The summed E-state index contributed by atoms with van der Waals surface area (Å²) in [5.74, 6) is 0.0951. The molecule has 27 heavy (non-hydrogen) atoms. The summed E-state index contributed by atoms with van der Waals surface area (Å²) in [7, 11) is 0. The summed E-state index contributed by atoms with van der Waals surface area (Å²) in [5, 5.41) is 0.780. The second kappa shape index (κ2) is 8.87. The standard InChI is InChI=1S/C21H25N3O2S/c25-21(24-13-11-23(12-14-24)16-17-6-5-15-26-17)19-9-4-10-22-20(19)27-18-7-2-1-3-8-18/h1-4,7-10,17H,5-6,11-16H2/p+1/t17-/m0/s1. The fourth-order valence-corrected chi connectivity index (χ4v) is 4.66. The third kappa shape index (κ3) is 4.69. The van der Waals surface area contributed by atoms with Gasteiger partial charge >= 0.3 is 0 Å². The van der Waals surface area contributed by atoms with Crippen molar-refractivity contribution >= 4 is 17.7 Å². The van der Waals surface area contributed by atoms with Gasteiger partial charge in [0.1, 0.15) is 17.7 Å². The lowest BCUT2D eigenvalue weighted by Gasteiger charge is -2.33. The summed E-state index contributed by atoms with van der Waals surface area (Å²) in [5.41, 5.74) is 0.703. The Bertz CT molecular complexity index is 757. The quantitative estimate of drug-likeness (QED) is 0.853. The van der Waals surface area contributed by atoms with Crippen LogP contribution in [0.25, 0.3) is 0 Å². The molecule has 1 amide bonds. The van der Waals surface area contributed by atoms with Gasteiger partial charge in [-0.1, -0.05) is 30.0 Å². The lowest BCUT2D eigenvalue weighted by molar-refractivity contribution is -0.906. The monoisotopic (exact) mass is 384 g/mol. The average molecular weight is 385 g/mol. The summed E-state index contributed by atoms with van der Waals surface area (Å²) < 4.78 is 5.76. The highest BCUT2D eigenvalue weighted by atomic mass is 32.2. The topological polar surface area (TPSA) is 46.9 Å². The highest BCUT2D eigenvalue weighted by molar-refractivity contribution is 7.99. The van der Waals surface area contributed by atoms with Gasteiger partial charge in [0.05, 0.1) is 31.7 Å². The van der Waals surface area contributed by atoms with Crippen molar-refractivity contribution in [1.29, 1.82) is 0 Å². The van der Waals surface area contributed by atoms with E-state index in [1.807, 2.05) is 47.4 Å². The summed E-state index contributed by atoms with van der Waals surface area (Å²) >= 11 is 1.55. The van der Waals surface area contributed by atoms with Crippen molar-refractivity contribution in [1.82, 2.24) is 9.88 Å². The predicted molar refractivity (Wildman–Crippen MR) is 105 cm³/mol. The SMILES string of the molecule is O=C(c1cccnc1Sc1ccccc1)N1CC[NH+](C[C@@H]2CCCO2)CC1. The molecule has 2 aromatic rings. The van der Waals surface area contributed by atoms with Crippen molar-refractivity contribution in [2.75, 3.05) is 39.3 Å². The van der Waals surface area contributed by atoms with Gasteiger partial charge in [-0.25, -0.2) is 4.98 Å². The van der Waals surface area contributed by atoms with E-state index in [2.05, 4.69) is 4.98 Å². The molecule has 3 heterocycles. The van der Waals surface area contributed by atoms with Crippen LogP contribution in [-0.4, -0.2) is 61.2 Å². The molecule has 5 nitrogen and oxygen atoms in total. The molecule has 1 atom stereocenters. The van der Waals surface area contributed by atoms with E-state index in [0.29, 0.717) is 11.7 Å². The first-order chi connectivity index (χ1) is 13.3. The molecule has 6 heteroatoms. The number of nitrogens with one attached hydrogen (secondary N) is 1.